The molecule has 0 unspecified atom stereocenters. The van der Waals surface area contributed by atoms with Crippen LogP contribution in [0.4, 0.5) is 0 Å². The van der Waals surface area contributed by atoms with E-state index in [9.17, 15) is 0 Å². The lowest BCUT2D eigenvalue weighted by atomic mass is 10.3. The second-order valence-corrected chi connectivity index (χ2v) is 5.59. The molecule has 1 aliphatic heterocycles. The van der Waals surface area contributed by atoms with Crippen LogP contribution in [0.1, 0.15) is 37.9 Å². The summed E-state index contributed by atoms with van der Waals surface area (Å²) in [6, 6.07) is 0.764. The Morgan fingerprint density at radius 3 is 2.83 bits per heavy atom. The van der Waals surface area contributed by atoms with E-state index in [0.717, 1.165) is 19.1 Å². The molecule has 0 atom stereocenters. The minimum absolute atomic E-state index is 0.764. The van der Waals surface area contributed by atoms with Crippen molar-refractivity contribution < 1.29 is 0 Å². The van der Waals surface area contributed by atoms with Crippen molar-refractivity contribution in [3.05, 3.63) is 18.2 Å². The first-order valence-corrected chi connectivity index (χ1v) is 7.37. The number of aromatic nitrogens is 2. The normalized spacial score (nSPS) is 20.7. The Hall–Kier alpha value is -0.870. The van der Waals surface area contributed by atoms with Gasteiger partial charge in [0.2, 0.25) is 0 Å². The minimum Gasteiger partial charge on any atom is -0.334 e. The second-order valence-electron chi connectivity index (χ2n) is 5.59. The maximum Gasteiger partial charge on any atom is 0.122 e. The fourth-order valence-corrected chi connectivity index (χ4v) is 2.70. The number of nitrogens with one attached hydrogen (secondary N) is 1. The van der Waals surface area contributed by atoms with Crippen molar-refractivity contribution in [1.29, 1.82) is 0 Å². The van der Waals surface area contributed by atoms with Gasteiger partial charge in [0.1, 0.15) is 5.82 Å². The van der Waals surface area contributed by atoms with Gasteiger partial charge in [-0.05, 0) is 51.7 Å². The summed E-state index contributed by atoms with van der Waals surface area (Å²) in [5, 5.41) is 3.54. The average molecular weight is 248 g/mol. The molecular formula is C14H24N4. The van der Waals surface area contributed by atoms with E-state index in [1.807, 2.05) is 6.20 Å². The lowest BCUT2D eigenvalue weighted by Crippen LogP contribution is -2.22. The molecule has 1 aromatic heterocycles. The van der Waals surface area contributed by atoms with E-state index in [1.54, 1.807) is 0 Å². The first-order chi connectivity index (χ1) is 8.92. The van der Waals surface area contributed by atoms with Crippen molar-refractivity contribution in [2.75, 3.05) is 19.6 Å². The summed E-state index contributed by atoms with van der Waals surface area (Å²) in [6.07, 6.45) is 10.8. The highest BCUT2D eigenvalue weighted by molar-refractivity contribution is 4.94. The van der Waals surface area contributed by atoms with Gasteiger partial charge in [-0.25, -0.2) is 4.98 Å². The highest BCUT2D eigenvalue weighted by Gasteiger charge is 2.20. The fraction of sp³-hybridized carbons (Fsp3) is 0.786. The molecule has 1 aromatic rings. The van der Waals surface area contributed by atoms with Crippen molar-refractivity contribution in [3.8, 4) is 0 Å². The zero-order valence-electron chi connectivity index (χ0n) is 11.1. The Morgan fingerprint density at radius 2 is 2.06 bits per heavy atom. The molecule has 0 radical (unpaired) electrons. The zero-order chi connectivity index (χ0) is 12.2. The van der Waals surface area contributed by atoms with Crippen LogP contribution in [0.3, 0.4) is 0 Å². The molecule has 1 aliphatic carbocycles. The Labute approximate surface area is 109 Å². The van der Waals surface area contributed by atoms with E-state index in [1.165, 1.54) is 57.6 Å². The second kappa shape index (κ2) is 5.85. The molecule has 0 bridgehead atoms. The average Bonchev–Trinajstić information content (AvgIpc) is 2.89. The third-order valence-corrected chi connectivity index (χ3v) is 4.00. The van der Waals surface area contributed by atoms with Gasteiger partial charge >= 0.3 is 0 Å². The van der Waals surface area contributed by atoms with Gasteiger partial charge in [-0.2, -0.15) is 0 Å². The van der Waals surface area contributed by atoms with Crippen molar-refractivity contribution >= 4 is 0 Å². The number of rotatable bonds is 7. The largest absolute Gasteiger partial charge is 0.334 e. The Kier molecular flexibility index (Phi) is 3.96. The van der Waals surface area contributed by atoms with Crippen molar-refractivity contribution in [2.24, 2.45) is 0 Å². The quantitative estimate of drug-likeness (QED) is 0.796. The molecule has 1 N–H and O–H groups in total. The highest BCUT2D eigenvalue weighted by Crippen LogP contribution is 2.19. The van der Waals surface area contributed by atoms with E-state index in [2.05, 4.69) is 26.0 Å². The van der Waals surface area contributed by atoms with Gasteiger partial charge in [-0.15, -0.1) is 0 Å². The molecular weight excluding hydrogens is 224 g/mol. The SMILES string of the molecule is c1cn(CCCN2CCCC2)c(CNC2CC2)n1. The van der Waals surface area contributed by atoms with Gasteiger partial charge in [0.05, 0.1) is 6.54 Å². The van der Waals surface area contributed by atoms with E-state index in [-0.39, 0.29) is 0 Å². The summed E-state index contributed by atoms with van der Waals surface area (Å²) in [4.78, 5) is 7.04. The van der Waals surface area contributed by atoms with E-state index < -0.39 is 0 Å². The van der Waals surface area contributed by atoms with Gasteiger partial charge in [0.25, 0.3) is 0 Å². The summed E-state index contributed by atoms with van der Waals surface area (Å²) in [6.45, 7) is 5.90. The third-order valence-electron chi connectivity index (χ3n) is 4.00. The number of aryl methyl sites for hydroxylation is 1. The number of imidazole rings is 1. The molecule has 2 fully saturated rings. The van der Waals surface area contributed by atoms with Crippen molar-refractivity contribution in [3.63, 3.8) is 0 Å². The van der Waals surface area contributed by atoms with Gasteiger partial charge in [0.15, 0.2) is 0 Å². The summed E-state index contributed by atoms with van der Waals surface area (Å²) >= 11 is 0. The van der Waals surface area contributed by atoms with Gasteiger partial charge in [0, 0.05) is 25.0 Å². The monoisotopic (exact) mass is 248 g/mol. The lowest BCUT2D eigenvalue weighted by Gasteiger charge is -2.15. The first kappa shape index (κ1) is 12.2. The Balaban J connectivity index is 1.41. The predicted octanol–water partition coefficient (Wildman–Crippen LogP) is 1.62. The molecule has 0 spiro atoms. The molecule has 0 amide bonds. The molecule has 4 heteroatoms. The summed E-state index contributed by atoms with van der Waals surface area (Å²) in [5.74, 6) is 1.20. The van der Waals surface area contributed by atoms with Crippen LogP contribution in [0.2, 0.25) is 0 Å². The number of likely N-dealkylation sites (tertiary alicyclic amines) is 1. The van der Waals surface area contributed by atoms with Gasteiger partial charge in [-0.3, -0.25) is 0 Å². The standard InChI is InChI=1S/C14H24N4/c1-2-8-17(7-1)9-3-10-18-11-6-15-14(18)12-16-13-4-5-13/h6,11,13,16H,1-5,7-10,12H2. The molecule has 18 heavy (non-hydrogen) atoms. The van der Waals surface area contributed by atoms with E-state index in [4.69, 9.17) is 0 Å². The molecule has 3 rings (SSSR count). The number of nitrogens with zero attached hydrogens (tertiary/aromatic N) is 3. The zero-order valence-corrected chi connectivity index (χ0v) is 11.1. The summed E-state index contributed by atoms with van der Waals surface area (Å²) < 4.78 is 2.31. The third kappa shape index (κ3) is 3.33. The van der Waals surface area contributed by atoms with Crippen molar-refractivity contribution in [2.45, 2.75) is 51.2 Å². The maximum atomic E-state index is 4.45. The summed E-state index contributed by atoms with van der Waals surface area (Å²) in [5.41, 5.74) is 0. The molecule has 2 aliphatic rings. The minimum atomic E-state index is 0.764. The van der Waals surface area contributed by atoms with Crippen LogP contribution < -0.4 is 5.32 Å². The molecule has 100 valence electrons. The van der Waals surface area contributed by atoms with Crippen LogP contribution in [0.15, 0.2) is 12.4 Å². The Bertz CT molecular complexity index is 364. The summed E-state index contributed by atoms with van der Waals surface area (Å²) in [7, 11) is 0. The maximum absolute atomic E-state index is 4.45. The molecule has 1 saturated heterocycles. The highest BCUT2D eigenvalue weighted by atomic mass is 15.1. The first-order valence-electron chi connectivity index (χ1n) is 7.37. The van der Waals surface area contributed by atoms with Gasteiger partial charge in [-0.1, -0.05) is 0 Å². The molecule has 2 heterocycles. The van der Waals surface area contributed by atoms with Crippen LogP contribution in [0.5, 0.6) is 0 Å². The lowest BCUT2D eigenvalue weighted by molar-refractivity contribution is 0.324. The van der Waals surface area contributed by atoms with E-state index >= 15 is 0 Å². The Morgan fingerprint density at radius 1 is 1.22 bits per heavy atom. The van der Waals surface area contributed by atoms with Crippen LogP contribution in [0.25, 0.3) is 0 Å². The number of hydrogen-bond acceptors (Lipinski definition) is 3. The van der Waals surface area contributed by atoms with Crippen LogP contribution in [0, 0.1) is 0 Å². The van der Waals surface area contributed by atoms with E-state index in [0.29, 0.717) is 0 Å². The molecule has 4 nitrogen and oxygen atoms in total. The smallest absolute Gasteiger partial charge is 0.122 e. The molecule has 0 aromatic carbocycles. The van der Waals surface area contributed by atoms with Gasteiger partial charge < -0.3 is 14.8 Å². The number of hydrogen-bond donors (Lipinski definition) is 1. The fourth-order valence-electron chi connectivity index (χ4n) is 2.70. The van der Waals surface area contributed by atoms with Crippen LogP contribution >= 0.6 is 0 Å². The topological polar surface area (TPSA) is 33.1 Å². The van der Waals surface area contributed by atoms with Crippen LogP contribution in [-0.4, -0.2) is 40.1 Å². The van der Waals surface area contributed by atoms with Crippen molar-refractivity contribution in [1.82, 2.24) is 19.8 Å². The van der Waals surface area contributed by atoms with Crippen LogP contribution in [-0.2, 0) is 13.1 Å². The molecule has 1 saturated carbocycles. The predicted molar refractivity (Wildman–Crippen MR) is 72.4 cm³/mol.